The van der Waals surface area contributed by atoms with Crippen LogP contribution in [0.2, 0.25) is 0 Å². The number of rotatable bonds is 9. The Morgan fingerprint density at radius 3 is 2.62 bits per heavy atom. The lowest BCUT2D eigenvalue weighted by Crippen LogP contribution is -2.45. The Morgan fingerprint density at radius 2 is 2.05 bits per heavy atom. The monoisotopic (exact) mass is 297 g/mol. The Labute approximate surface area is 124 Å². The van der Waals surface area contributed by atoms with Crippen molar-refractivity contribution in [2.45, 2.75) is 58.9 Å². The summed E-state index contributed by atoms with van der Waals surface area (Å²) >= 11 is 0. The van der Waals surface area contributed by atoms with E-state index in [1.807, 2.05) is 13.8 Å². The van der Waals surface area contributed by atoms with E-state index in [9.17, 15) is 9.59 Å². The minimum atomic E-state index is -1.01. The van der Waals surface area contributed by atoms with E-state index in [4.69, 9.17) is 9.63 Å². The van der Waals surface area contributed by atoms with Gasteiger partial charge in [0.25, 0.3) is 0 Å². The maximum Gasteiger partial charge on any atom is 0.326 e. The number of carboxylic acid groups (broad SMARTS) is 1. The topological polar surface area (TPSA) is 105 Å². The second kappa shape index (κ2) is 8.39. The summed E-state index contributed by atoms with van der Waals surface area (Å²) in [4.78, 5) is 27.1. The molecule has 1 aromatic rings. The molecule has 0 bridgehead atoms. The first-order valence-corrected chi connectivity index (χ1v) is 7.31. The van der Waals surface area contributed by atoms with Crippen LogP contribution in [0.3, 0.4) is 0 Å². The highest BCUT2D eigenvalue weighted by Gasteiger charge is 2.25. The Hall–Kier alpha value is -1.92. The van der Waals surface area contributed by atoms with Gasteiger partial charge in [-0.05, 0) is 12.3 Å². The standard InChI is InChI=1S/C14H23N3O4/c1-4-6-10-15-12(21-17-10)8-7-11(18)16-13(14(19)20)9(3)5-2/h9,13H,4-8H2,1-3H3,(H,16,18)(H,19,20)/t9?,13-/m0/s1. The van der Waals surface area contributed by atoms with Gasteiger partial charge >= 0.3 is 5.97 Å². The fraction of sp³-hybridized carbons (Fsp3) is 0.714. The predicted octanol–water partition coefficient (Wildman–Crippen LogP) is 1.57. The molecule has 1 aromatic heterocycles. The molecule has 1 amide bonds. The van der Waals surface area contributed by atoms with Crippen molar-refractivity contribution in [1.82, 2.24) is 15.5 Å². The number of carboxylic acids is 1. The summed E-state index contributed by atoms with van der Waals surface area (Å²) in [7, 11) is 0. The number of hydrogen-bond donors (Lipinski definition) is 2. The quantitative estimate of drug-likeness (QED) is 0.716. The van der Waals surface area contributed by atoms with Crippen LogP contribution in [-0.4, -0.2) is 33.2 Å². The van der Waals surface area contributed by atoms with Gasteiger partial charge in [0.15, 0.2) is 5.82 Å². The van der Waals surface area contributed by atoms with Crippen LogP contribution >= 0.6 is 0 Å². The third-order valence-electron chi connectivity index (χ3n) is 3.35. The van der Waals surface area contributed by atoms with Gasteiger partial charge in [-0.3, -0.25) is 4.79 Å². The molecule has 0 radical (unpaired) electrons. The Kier molecular flexibility index (Phi) is 6.84. The first-order valence-electron chi connectivity index (χ1n) is 7.31. The zero-order chi connectivity index (χ0) is 15.8. The van der Waals surface area contributed by atoms with E-state index in [1.165, 1.54) is 0 Å². The van der Waals surface area contributed by atoms with Crippen molar-refractivity contribution in [2.75, 3.05) is 0 Å². The molecule has 0 fully saturated rings. The third kappa shape index (κ3) is 5.53. The molecule has 0 spiro atoms. The number of carbonyl (C=O) groups excluding carboxylic acids is 1. The van der Waals surface area contributed by atoms with E-state index in [0.29, 0.717) is 24.6 Å². The molecule has 0 aliphatic rings. The van der Waals surface area contributed by atoms with E-state index in [0.717, 1.165) is 12.8 Å². The van der Waals surface area contributed by atoms with Crippen LogP contribution < -0.4 is 5.32 Å². The van der Waals surface area contributed by atoms with E-state index in [1.54, 1.807) is 6.92 Å². The van der Waals surface area contributed by atoms with E-state index in [-0.39, 0.29) is 18.2 Å². The Morgan fingerprint density at radius 1 is 1.33 bits per heavy atom. The van der Waals surface area contributed by atoms with Crippen LogP contribution in [0, 0.1) is 5.92 Å². The molecule has 0 aliphatic carbocycles. The molecular weight excluding hydrogens is 274 g/mol. The van der Waals surface area contributed by atoms with Gasteiger partial charge in [0, 0.05) is 19.3 Å². The van der Waals surface area contributed by atoms with Crippen LogP contribution in [0.4, 0.5) is 0 Å². The average Bonchev–Trinajstić information content (AvgIpc) is 2.89. The van der Waals surface area contributed by atoms with Crippen LogP contribution in [0.5, 0.6) is 0 Å². The fourth-order valence-electron chi connectivity index (χ4n) is 1.87. The van der Waals surface area contributed by atoms with Gasteiger partial charge in [0.1, 0.15) is 6.04 Å². The maximum absolute atomic E-state index is 11.8. The van der Waals surface area contributed by atoms with Crippen molar-refractivity contribution in [2.24, 2.45) is 5.92 Å². The van der Waals surface area contributed by atoms with Crippen molar-refractivity contribution < 1.29 is 19.2 Å². The van der Waals surface area contributed by atoms with Gasteiger partial charge in [-0.1, -0.05) is 32.3 Å². The minimum absolute atomic E-state index is 0.119. The summed E-state index contributed by atoms with van der Waals surface area (Å²) in [5.74, 6) is -0.412. The Bertz CT molecular complexity index is 473. The summed E-state index contributed by atoms with van der Waals surface area (Å²) in [6.45, 7) is 5.71. The highest BCUT2D eigenvalue weighted by molar-refractivity contribution is 5.83. The lowest BCUT2D eigenvalue weighted by atomic mass is 9.99. The van der Waals surface area contributed by atoms with Gasteiger partial charge in [0.05, 0.1) is 0 Å². The summed E-state index contributed by atoms with van der Waals surface area (Å²) in [5, 5.41) is 15.5. The lowest BCUT2D eigenvalue weighted by Gasteiger charge is -2.19. The average molecular weight is 297 g/mol. The van der Waals surface area contributed by atoms with Crippen molar-refractivity contribution in [3.8, 4) is 0 Å². The van der Waals surface area contributed by atoms with E-state index in [2.05, 4.69) is 15.5 Å². The number of nitrogens with zero attached hydrogens (tertiary/aromatic N) is 2. The van der Waals surface area contributed by atoms with Crippen molar-refractivity contribution in [3.05, 3.63) is 11.7 Å². The number of hydrogen-bond acceptors (Lipinski definition) is 5. The van der Waals surface area contributed by atoms with Crippen molar-refractivity contribution >= 4 is 11.9 Å². The van der Waals surface area contributed by atoms with Crippen molar-refractivity contribution in [3.63, 3.8) is 0 Å². The van der Waals surface area contributed by atoms with Gasteiger partial charge < -0.3 is 14.9 Å². The lowest BCUT2D eigenvalue weighted by molar-refractivity contribution is -0.143. The van der Waals surface area contributed by atoms with Crippen molar-refractivity contribution in [1.29, 1.82) is 0 Å². The molecular formula is C14H23N3O4. The third-order valence-corrected chi connectivity index (χ3v) is 3.35. The van der Waals surface area contributed by atoms with Gasteiger partial charge in [-0.2, -0.15) is 4.98 Å². The van der Waals surface area contributed by atoms with Crippen LogP contribution in [0.25, 0.3) is 0 Å². The molecule has 1 unspecified atom stereocenters. The molecule has 118 valence electrons. The molecule has 7 heteroatoms. The molecule has 0 saturated heterocycles. The Balaban J connectivity index is 2.46. The first-order chi connectivity index (χ1) is 9.97. The molecule has 0 aromatic carbocycles. The van der Waals surface area contributed by atoms with Gasteiger partial charge in [-0.15, -0.1) is 0 Å². The first kappa shape index (κ1) is 17.1. The molecule has 1 heterocycles. The molecule has 21 heavy (non-hydrogen) atoms. The molecule has 7 nitrogen and oxygen atoms in total. The summed E-state index contributed by atoms with van der Waals surface area (Å²) < 4.78 is 5.03. The molecule has 0 aliphatic heterocycles. The predicted molar refractivity (Wildman–Crippen MR) is 75.6 cm³/mol. The highest BCUT2D eigenvalue weighted by Crippen LogP contribution is 2.09. The normalized spacial score (nSPS) is 13.7. The molecule has 0 saturated carbocycles. The second-order valence-corrected chi connectivity index (χ2v) is 5.12. The molecule has 2 atom stereocenters. The smallest absolute Gasteiger partial charge is 0.326 e. The van der Waals surface area contributed by atoms with Crippen LogP contribution in [0.1, 0.15) is 51.7 Å². The number of aliphatic carboxylic acids is 1. The molecule has 2 N–H and O–H groups in total. The van der Waals surface area contributed by atoms with Crippen LogP contribution in [-0.2, 0) is 22.4 Å². The number of aromatic nitrogens is 2. The van der Waals surface area contributed by atoms with Gasteiger partial charge in [0.2, 0.25) is 11.8 Å². The number of amides is 1. The zero-order valence-electron chi connectivity index (χ0n) is 12.8. The van der Waals surface area contributed by atoms with Crippen LogP contribution in [0.15, 0.2) is 4.52 Å². The molecule has 1 rings (SSSR count). The number of carbonyl (C=O) groups is 2. The summed E-state index contributed by atoms with van der Waals surface area (Å²) in [5.41, 5.74) is 0. The zero-order valence-corrected chi connectivity index (χ0v) is 12.8. The highest BCUT2D eigenvalue weighted by atomic mass is 16.5. The summed E-state index contributed by atoms with van der Waals surface area (Å²) in [6, 6.07) is -0.860. The summed E-state index contributed by atoms with van der Waals surface area (Å²) in [6.07, 6.45) is 2.80. The SMILES string of the molecule is CCCc1noc(CCC(=O)N[C@H](C(=O)O)C(C)CC)n1. The van der Waals surface area contributed by atoms with E-state index >= 15 is 0 Å². The van der Waals surface area contributed by atoms with Gasteiger partial charge in [-0.25, -0.2) is 4.79 Å². The second-order valence-electron chi connectivity index (χ2n) is 5.12. The van der Waals surface area contributed by atoms with E-state index < -0.39 is 12.0 Å². The fourth-order valence-corrected chi connectivity index (χ4v) is 1.87. The largest absolute Gasteiger partial charge is 0.480 e. The maximum atomic E-state index is 11.8. The number of aryl methyl sites for hydroxylation is 2. The number of nitrogens with one attached hydrogen (secondary N) is 1. The minimum Gasteiger partial charge on any atom is -0.480 e.